The summed E-state index contributed by atoms with van der Waals surface area (Å²) in [4.78, 5) is 3.65. The molecule has 1 fully saturated rings. The van der Waals surface area contributed by atoms with Crippen LogP contribution in [0.2, 0.25) is 0 Å². The van der Waals surface area contributed by atoms with Crippen molar-refractivity contribution in [3.63, 3.8) is 0 Å². The minimum Gasteiger partial charge on any atom is -0.468 e. The van der Waals surface area contributed by atoms with E-state index in [0.29, 0.717) is 18.8 Å². The number of alkyl halides is 3. The number of halogens is 3. The van der Waals surface area contributed by atoms with Gasteiger partial charge in [0.2, 0.25) is 5.88 Å². The summed E-state index contributed by atoms with van der Waals surface area (Å²) in [6, 6.07) is 2.75. The van der Waals surface area contributed by atoms with Crippen LogP contribution in [-0.4, -0.2) is 56.8 Å². The van der Waals surface area contributed by atoms with Crippen LogP contribution in [-0.2, 0) is 21.5 Å². The minimum absolute atomic E-state index is 0.0788. The van der Waals surface area contributed by atoms with Gasteiger partial charge in [-0.25, -0.2) is 4.98 Å². The molecule has 0 atom stereocenters. The maximum Gasteiger partial charge on any atom is 0.422 e. The summed E-state index contributed by atoms with van der Waals surface area (Å²) in [5.74, 6) is -0.217. The van der Waals surface area contributed by atoms with Crippen LogP contribution in [0.4, 0.5) is 13.2 Å². The number of ether oxygens (including phenoxy) is 2. The number of aromatic nitrogens is 1. The number of nitrogens with one attached hydrogen (secondary N) is 1. The monoisotopic (exact) mass is 355 g/mol. The Morgan fingerprint density at radius 1 is 1.35 bits per heavy atom. The topological polar surface area (TPSA) is 80.8 Å². The standard InChI is InChI=1S/C12H16F3N3O4S/c13-12(14,15)9-22-11-7-10(1-2-16-11)8-17-23(19,20)18-3-5-21-6-4-18/h1-2,7,17H,3-6,8-9H2. The molecule has 1 aromatic rings. The molecular weight excluding hydrogens is 339 g/mol. The lowest BCUT2D eigenvalue weighted by atomic mass is 10.3. The van der Waals surface area contributed by atoms with Gasteiger partial charge in [-0.3, -0.25) is 0 Å². The Bertz CT molecular complexity index is 618. The van der Waals surface area contributed by atoms with Crippen LogP contribution in [0, 0.1) is 0 Å². The first-order chi connectivity index (χ1) is 10.8. The first kappa shape index (κ1) is 17.9. The number of pyridine rings is 1. The zero-order chi connectivity index (χ0) is 16.9. The summed E-state index contributed by atoms with van der Waals surface area (Å²) in [5.41, 5.74) is 0.439. The average molecular weight is 355 g/mol. The highest BCUT2D eigenvalue weighted by molar-refractivity contribution is 7.87. The van der Waals surface area contributed by atoms with Gasteiger partial charge in [-0.1, -0.05) is 0 Å². The van der Waals surface area contributed by atoms with Crippen LogP contribution in [0.1, 0.15) is 5.56 Å². The van der Waals surface area contributed by atoms with E-state index >= 15 is 0 Å². The first-order valence-corrected chi connectivity index (χ1v) is 8.17. The molecule has 11 heteroatoms. The Morgan fingerprint density at radius 3 is 2.70 bits per heavy atom. The molecule has 0 unspecified atom stereocenters. The van der Waals surface area contributed by atoms with Crippen molar-refractivity contribution in [3.8, 4) is 5.88 Å². The van der Waals surface area contributed by atoms with E-state index in [1.54, 1.807) is 0 Å². The molecule has 0 aromatic carbocycles. The highest BCUT2D eigenvalue weighted by Crippen LogP contribution is 2.17. The summed E-state index contributed by atoms with van der Waals surface area (Å²) < 4.78 is 73.6. The zero-order valence-electron chi connectivity index (χ0n) is 12.0. The van der Waals surface area contributed by atoms with Crippen molar-refractivity contribution in [1.82, 2.24) is 14.0 Å². The average Bonchev–Trinajstić information content (AvgIpc) is 2.52. The zero-order valence-corrected chi connectivity index (χ0v) is 12.9. The van der Waals surface area contributed by atoms with Crippen molar-refractivity contribution < 1.29 is 31.1 Å². The van der Waals surface area contributed by atoms with Gasteiger partial charge in [0.05, 0.1) is 13.2 Å². The fourth-order valence-electron chi connectivity index (χ4n) is 1.85. The highest BCUT2D eigenvalue weighted by atomic mass is 32.2. The van der Waals surface area contributed by atoms with E-state index in [1.807, 2.05) is 0 Å². The predicted molar refractivity (Wildman–Crippen MR) is 73.9 cm³/mol. The molecule has 0 bridgehead atoms. The second-order valence-electron chi connectivity index (χ2n) is 4.74. The van der Waals surface area contributed by atoms with Gasteiger partial charge in [0.25, 0.3) is 10.2 Å². The Morgan fingerprint density at radius 2 is 2.04 bits per heavy atom. The SMILES string of the molecule is O=S(=O)(NCc1ccnc(OCC(F)(F)F)c1)N1CCOCC1. The van der Waals surface area contributed by atoms with E-state index in [2.05, 4.69) is 14.4 Å². The van der Waals surface area contributed by atoms with Gasteiger partial charge in [-0.15, -0.1) is 0 Å². The maximum atomic E-state index is 12.1. The fraction of sp³-hybridized carbons (Fsp3) is 0.583. The highest BCUT2D eigenvalue weighted by Gasteiger charge is 2.28. The van der Waals surface area contributed by atoms with E-state index in [1.165, 1.54) is 22.6 Å². The lowest BCUT2D eigenvalue weighted by molar-refractivity contribution is -0.154. The van der Waals surface area contributed by atoms with Crippen LogP contribution < -0.4 is 9.46 Å². The molecular formula is C12H16F3N3O4S. The summed E-state index contributed by atoms with van der Waals surface area (Å²) in [6.07, 6.45) is -3.21. The molecule has 1 aliphatic heterocycles. The van der Waals surface area contributed by atoms with E-state index in [-0.39, 0.29) is 25.5 Å². The van der Waals surface area contributed by atoms with Crippen LogP contribution >= 0.6 is 0 Å². The Balaban J connectivity index is 1.92. The second-order valence-corrected chi connectivity index (χ2v) is 6.50. The summed E-state index contributed by atoms with van der Waals surface area (Å²) in [5, 5.41) is 0. The van der Waals surface area contributed by atoms with Gasteiger partial charge in [0.1, 0.15) is 0 Å². The van der Waals surface area contributed by atoms with Gasteiger partial charge < -0.3 is 9.47 Å². The minimum atomic E-state index is -4.46. The number of hydrogen-bond acceptors (Lipinski definition) is 5. The van der Waals surface area contributed by atoms with Gasteiger partial charge in [-0.05, 0) is 11.6 Å². The molecule has 0 spiro atoms. The van der Waals surface area contributed by atoms with Gasteiger partial charge >= 0.3 is 6.18 Å². The van der Waals surface area contributed by atoms with Crippen LogP contribution in [0.5, 0.6) is 5.88 Å². The molecule has 0 radical (unpaired) electrons. The molecule has 0 amide bonds. The molecule has 7 nitrogen and oxygen atoms in total. The van der Waals surface area contributed by atoms with Crippen molar-refractivity contribution in [2.75, 3.05) is 32.9 Å². The first-order valence-electron chi connectivity index (χ1n) is 6.73. The largest absolute Gasteiger partial charge is 0.468 e. The van der Waals surface area contributed by atoms with Gasteiger partial charge in [0, 0.05) is 31.9 Å². The van der Waals surface area contributed by atoms with E-state index in [0.717, 1.165) is 0 Å². The second kappa shape index (κ2) is 7.43. The summed E-state index contributed by atoms with van der Waals surface area (Å²) >= 11 is 0. The molecule has 1 aromatic heterocycles. The van der Waals surface area contributed by atoms with Crippen LogP contribution in [0.25, 0.3) is 0 Å². The van der Waals surface area contributed by atoms with Crippen molar-refractivity contribution in [3.05, 3.63) is 23.9 Å². The molecule has 0 saturated carbocycles. The van der Waals surface area contributed by atoms with Crippen molar-refractivity contribution >= 4 is 10.2 Å². The van der Waals surface area contributed by atoms with Crippen molar-refractivity contribution in [2.45, 2.75) is 12.7 Å². The molecule has 130 valence electrons. The van der Waals surface area contributed by atoms with E-state index in [4.69, 9.17) is 4.74 Å². The maximum absolute atomic E-state index is 12.1. The lowest BCUT2D eigenvalue weighted by Gasteiger charge is -2.26. The predicted octanol–water partition coefficient (Wildman–Crippen LogP) is 0.689. The molecule has 23 heavy (non-hydrogen) atoms. The van der Waals surface area contributed by atoms with Crippen LogP contribution in [0.15, 0.2) is 18.3 Å². The third-order valence-electron chi connectivity index (χ3n) is 2.95. The Labute approximate surface area is 131 Å². The Hall–Kier alpha value is -1.43. The number of rotatable bonds is 6. The summed E-state index contributed by atoms with van der Waals surface area (Å²) in [7, 11) is -3.67. The number of hydrogen-bond donors (Lipinski definition) is 1. The lowest BCUT2D eigenvalue weighted by Crippen LogP contribution is -2.46. The molecule has 2 rings (SSSR count). The third kappa shape index (κ3) is 5.94. The fourth-order valence-corrected chi connectivity index (χ4v) is 3.01. The number of nitrogens with zero attached hydrogens (tertiary/aromatic N) is 2. The molecule has 1 aliphatic rings. The number of morpholine rings is 1. The smallest absolute Gasteiger partial charge is 0.422 e. The van der Waals surface area contributed by atoms with Gasteiger partial charge in [0.15, 0.2) is 6.61 Å². The molecule has 0 aliphatic carbocycles. The molecule has 2 heterocycles. The Kier molecular flexibility index (Phi) is 5.79. The normalized spacial score (nSPS) is 17.2. The third-order valence-corrected chi connectivity index (χ3v) is 4.51. The van der Waals surface area contributed by atoms with Crippen molar-refractivity contribution in [2.24, 2.45) is 0 Å². The van der Waals surface area contributed by atoms with Gasteiger partial charge in [-0.2, -0.15) is 30.6 Å². The molecule has 1 N–H and O–H groups in total. The van der Waals surface area contributed by atoms with E-state index < -0.39 is 23.0 Å². The quantitative estimate of drug-likeness (QED) is 0.812. The van der Waals surface area contributed by atoms with Crippen molar-refractivity contribution in [1.29, 1.82) is 0 Å². The van der Waals surface area contributed by atoms with Crippen LogP contribution in [0.3, 0.4) is 0 Å². The molecule has 1 saturated heterocycles. The summed E-state index contributed by atoms with van der Waals surface area (Å²) in [6.45, 7) is -0.373. The van der Waals surface area contributed by atoms with E-state index in [9.17, 15) is 21.6 Å².